The summed E-state index contributed by atoms with van der Waals surface area (Å²) in [4.78, 5) is 12.3. The molecule has 1 aromatic heterocycles. The molecule has 2 aliphatic heterocycles. The van der Waals surface area contributed by atoms with Crippen LogP contribution in [0, 0.1) is 5.92 Å². The average molecular weight is 284 g/mol. The summed E-state index contributed by atoms with van der Waals surface area (Å²) >= 11 is 0. The number of para-hydroxylation sites is 1. The third-order valence-corrected chi connectivity index (χ3v) is 4.80. The van der Waals surface area contributed by atoms with E-state index in [9.17, 15) is 4.79 Å². The molecule has 1 amide bonds. The van der Waals surface area contributed by atoms with Crippen LogP contribution in [0.5, 0.6) is 0 Å². The van der Waals surface area contributed by atoms with E-state index in [1.807, 2.05) is 18.2 Å². The summed E-state index contributed by atoms with van der Waals surface area (Å²) in [6.07, 6.45) is 7.22. The highest BCUT2D eigenvalue weighted by molar-refractivity contribution is 6.00. The van der Waals surface area contributed by atoms with Crippen molar-refractivity contribution in [2.24, 2.45) is 5.92 Å². The molecule has 1 aromatic carbocycles. The van der Waals surface area contributed by atoms with Crippen LogP contribution in [-0.2, 0) is 4.79 Å². The number of carbonyl (C=O) groups is 1. The van der Waals surface area contributed by atoms with Crippen LogP contribution in [0.3, 0.4) is 0 Å². The molecule has 110 valence electrons. The Bertz CT molecular complexity index is 653. The molecule has 2 aromatic rings. The highest BCUT2D eigenvalue weighted by Crippen LogP contribution is 2.33. The van der Waals surface area contributed by atoms with E-state index in [-0.39, 0.29) is 5.91 Å². The van der Waals surface area contributed by atoms with Gasteiger partial charge in [-0.3, -0.25) is 9.89 Å². The molecule has 5 nitrogen and oxygen atoms in total. The first kappa shape index (κ1) is 12.8. The van der Waals surface area contributed by atoms with Crippen molar-refractivity contribution in [1.82, 2.24) is 15.5 Å². The van der Waals surface area contributed by atoms with Gasteiger partial charge < -0.3 is 10.6 Å². The average Bonchev–Trinajstić information content (AvgIpc) is 3.06. The summed E-state index contributed by atoms with van der Waals surface area (Å²) in [5, 5.41) is 14.7. The fourth-order valence-corrected chi connectivity index (χ4v) is 3.88. The molecule has 21 heavy (non-hydrogen) atoms. The predicted molar refractivity (Wildman–Crippen MR) is 82.0 cm³/mol. The third-order valence-electron chi connectivity index (χ3n) is 4.80. The molecule has 2 saturated heterocycles. The molecule has 2 aliphatic rings. The van der Waals surface area contributed by atoms with E-state index in [2.05, 4.69) is 20.8 Å². The first-order chi connectivity index (χ1) is 10.3. The summed E-state index contributed by atoms with van der Waals surface area (Å²) < 4.78 is 0. The highest BCUT2D eigenvalue weighted by atomic mass is 16.1. The van der Waals surface area contributed by atoms with Crippen LogP contribution in [0.2, 0.25) is 0 Å². The van der Waals surface area contributed by atoms with Crippen LogP contribution >= 0.6 is 0 Å². The molecule has 3 N–H and O–H groups in total. The minimum atomic E-state index is 0.114. The maximum atomic E-state index is 12.3. The summed E-state index contributed by atoms with van der Waals surface area (Å²) in [5.74, 6) is 0.633. The van der Waals surface area contributed by atoms with E-state index >= 15 is 0 Å². The van der Waals surface area contributed by atoms with E-state index in [1.165, 1.54) is 12.8 Å². The Labute approximate surface area is 123 Å². The van der Waals surface area contributed by atoms with Crippen molar-refractivity contribution in [2.75, 3.05) is 5.32 Å². The second-order valence-electron chi connectivity index (χ2n) is 6.37. The third kappa shape index (κ3) is 2.53. The van der Waals surface area contributed by atoms with Gasteiger partial charge in [0.05, 0.1) is 17.4 Å². The van der Waals surface area contributed by atoms with E-state index < -0.39 is 0 Å². The van der Waals surface area contributed by atoms with Crippen molar-refractivity contribution in [3.05, 3.63) is 24.4 Å². The second-order valence-corrected chi connectivity index (χ2v) is 6.37. The summed E-state index contributed by atoms with van der Waals surface area (Å²) in [5.41, 5.74) is 1.73. The number of fused-ring (bicyclic) bond motifs is 3. The van der Waals surface area contributed by atoms with E-state index in [0.29, 0.717) is 24.4 Å². The van der Waals surface area contributed by atoms with Gasteiger partial charge in [-0.05, 0) is 37.7 Å². The zero-order valence-corrected chi connectivity index (χ0v) is 11.9. The zero-order valence-electron chi connectivity index (χ0n) is 11.9. The molecule has 2 atom stereocenters. The van der Waals surface area contributed by atoms with Crippen LogP contribution in [0.25, 0.3) is 10.9 Å². The summed E-state index contributed by atoms with van der Waals surface area (Å²) in [7, 11) is 0. The first-order valence-electron chi connectivity index (χ1n) is 7.76. The molecule has 3 heterocycles. The van der Waals surface area contributed by atoms with Gasteiger partial charge in [0.15, 0.2) is 0 Å². The number of benzene rings is 1. The monoisotopic (exact) mass is 284 g/mol. The Morgan fingerprint density at radius 3 is 2.90 bits per heavy atom. The van der Waals surface area contributed by atoms with Crippen LogP contribution in [0.15, 0.2) is 24.4 Å². The van der Waals surface area contributed by atoms with Gasteiger partial charge in [-0.2, -0.15) is 5.10 Å². The molecule has 0 spiro atoms. The first-order valence-corrected chi connectivity index (χ1v) is 7.76. The van der Waals surface area contributed by atoms with Gasteiger partial charge >= 0.3 is 0 Å². The smallest absolute Gasteiger partial charge is 0.224 e. The van der Waals surface area contributed by atoms with Crippen LogP contribution < -0.4 is 10.6 Å². The van der Waals surface area contributed by atoms with Gasteiger partial charge in [0.2, 0.25) is 5.91 Å². The van der Waals surface area contributed by atoms with Gasteiger partial charge in [0, 0.05) is 23.9 Å². The number of amides is 1. The molecule has 2 bridgehead atoms. The van der Waals surface area contributed by atoms with Crippen molar-refractivity contribution in [3.63, 3.8) is 0 Å². The minimum absolute atomic E-state index is 0.114. The lowest BCUT2D eigenvalue weighted by molar-refractivity contribution is -0.117. The van der Waals surface area contributed by atoms with Gasteiger partial charge in [-0.15, -0.1) is 0 Å². The highest BCUT2D eigenvalue weighted by Gasteiger charge is 2.34. The number of rotatable bonds is 3. The fourth-order valence-electron chi connectivity index (χ4n) is 3.88. The topological polar surface area (TPSA) is 69.8 Å². The fraction of sp³-hybridized carbons (Fsp3) is 0.500. The van der Waals surface area contributed by atoms with Gasteiger partial charge in [0.25, 0.3) is 0 Å². The molecular weight excluding hydrogens is 264 g/mol. The number of nitrogens with zero attached hydrogens (tertiary/aromatic N) is 1. The largest absolute Gasteiger partial charge is 0.324 e. The second kappa shape index (κ2) is 5.15. The number of aromatic amines is 1. The van der Waals surface area contributed by atoms with E-state index in [4.69, 9.17) is 0 Å². The zero-order chi connectivity index (χ0) is 14.2. The number of anilines is 1. The van der Waals surface area contributed by atoms with Crippen molar-refractivity contribution in [1.29, 1.82) is 0 Å². The number of hydrogen-bond donors (Lipinski definition) is 3. The van der Waals surface area contributed by atoms with Crippen molar-refractivity contribution in [2.45, 2.75) is 44.2 Å². The van der Waals surface area contributed by atoms with E-state index in [0.717, 1.165) is 29.4 Å². The van der Waals surface area contributed by atoms with Crippen molar-refractivity contribution >= 4 is 22.5 Å². The SMILES string of the molecule is O=C(CC1CC2CCC(C1)N2)Nc1cccc2cn[nH]c12. The van der Waals surface area contributed by atoms with Crippen molar-refractivity contribution < 1.29 is 4.79 Å². The Hall–Kier alpha value is -1.88. The lowest BCUT2D eigenvalue weighted by atomic mass is 9.89. The number of piperidine rings is 1. The Kier molecular flexibility index (Phi) is 3.15. The Balaban J connectivity index is 1.43. The Morgan fingerprint density at radius 1 is 1.29 bits per heavy atom. The van der Waals surface area contributed by atoms with Crippen LogP contribution in [0.1, 0.15) is 32.1 Å². The predicted octanol–water partition coefficient (Wildman–Crippen LogP) is 2.42. The molecule has 2 unspecified atom stereocenters. The molecule has 0 saturated carbocycles. The van der Waals surface area contributed by atoms with Crippen LogP contribution in [-0.4, -0.2) is 28.2 Å². The standard InChI is InChI=1S/C16H20N4O/c21-15(8-10-6-12-4-5-13(7-10)18-12)19-14-3-1-2-11-9-17-20-16(11)14/h1-3,9-10,12-13,18H,4-8H2,(H,17,20)(H,19,21). The van der Waals surface area contributed by atoms with Gasteiger partial charge in [-0.1, -0.05) is 12.1 Å². The molecular formula is C16H20N4O. The van der Waals surface area contributed by atoms with Crippen LogP contribution in [0.4, 0.5) is 5.69 Å². The molecule has 4 rings (SSSR count). The maximum Gasteiger partial charge on any atom is 0.224 e. The van der Waals surface area contributed by atoms with Gasteiger partial charge in [0.1, 0.15) is 0 Å². The number of nitrogens with one attached hydrogen (secondary N) is 3. The Morgan fingerprint density at radius 2 is 2.10 bits per heavy atom. The quantitative estimate of drug-likeness (QED) is 0.810. The molecule has 0 radical (unpaired) electrons. The number of hydrogen-bond acceptors (Lipinski definition) is 3. The summed E-state index contributed by atoms with van der Waals surface area (Å²) in [6, 6.07) is 7.12. The molecule has 5 heteroatoms. The van der Waals surface area contributed by atoms with Gasteiger partial charge in [-0.25, -0.2) is 0 Å². The number of aromatic nitrogens is 2. The number of carbonyl (C=O) groups excluding carboxylic acids is 1. The molecule has 0 aliphatic carbocycles. The normalized spacial score (nSPS) is 27.9. The maximum absolute atomic E-state index is 12.3. The lowest BCUT2D eigenvalue weighted by Gasteiger charge is -2.28. The minimum Gasteiger partial charge on any atom is -0.324 e. The number of H-pyrrole nitrogens is 1. The van der Waals surface area contributed by atoms with E-state index in [1.54, 1.807) is 6.20 Å². The summed E-state index contributed by atoms with van der Waals surface area (Å²) in [6.45, 7) is 0. The molecule has 2 fully saturated rings. The van der Waals surface area contributed by atoms with Crippen molar-refractivity contribution in [3.8, 4) is 0 Å². The lowest BCUT2D eigenvalue weighted by Crippen LogP contribution is -2.39.